The van der Waals surface area contributed by atoms with Gasteiger partial charge in [-0.25, -0.2) is 0 Å². The number of phenolic OH excluding ortho intramolecular Hbond substituents is 3. The van der Waals surface area contributed by atoms with E-state index >= 15 is 0 Å². The Balaban J connectivity index is 2.17. The predicted molar refractivity (Wildman–Crippen MR) is 94.3 cm³/mol. The standard InChI is InChI=1S/C20H17NO4/c1-3-4-5-14-10-16(18(24)11-17(14)23)20-19(12(2)21-25-20)13-6-8-15(22)9-7-13/h6-11,22-24H,5H2,1-2H3. The van der Waals surface area contributed by atoms with Gasteiger partial charge in [0.15, 0.2) is 5.76 Å². The second-order valence-electron chi connectivity index (χ2n) is 5.62. The molecule has 0 spiro atoms. The lowest BCUT2D eigenvalue weighted by atomic mass is 9.97. The lowest BCUT2D eigenvalue weighted by molar-refractivity contribution is 0.419. The van der Waals surface area contributed by atoms with Crippen molar-refractivity contribution in [1.29, 1.82) is 0 Å². The predicted octanol–water partition coefficient (Wildman–Crippen LogP) is 4.00. The van der Waals surface area contributed by atoms with Gasteiger partial charge in [0.05, 0.1) is 16.8 Å². The fourth-order valence-corrected chi connectivity index (χ4v) is 2.65. The molecule has 1 heterocycles. The molecule has 3 rings (SSSR count). The van der Waals surface area contributed by atoms with Crippen LogP contribution in [0.4, 0.5) is 0 Å². The Morgan fingerprint density at radius 1 is 1.04 bits per heavy atom. The monoisotopic (exact) mass is 335 g/mol. The van der Waals surface area contributed by atoms with Gasteiger partial charge >= 0.3 is 0 Å². The van der Waals surface area contributed by atoms with Crippen LogP contribution in [-0.4, -0.2) is 20.5 Å². The van der Waals surface area contributed by atoms with Gasteiger partial charge in [-0.05, 0) is 37.6 Å². The molecule has 0 aliphatic rings. The Bertz CT molecular complexity index is 975. The Kier molecular flexibility index (Phi) is 4.36. The molecule has 0 atom stereocenters. The quantitative estimate of drug-likeness (QED) is 0.630. The highest BCUT2D eigenvalue weighted by Crippen LogP contribution is 2.41. The molecule has 3 aromatic rings. The zero-order valence-electron chi connectivity index (χ0n) is 13.9. The van der Waals surface area contributed by atoms with Crippen LogP contribution in [0.1, 0.15) is 18.2 Å². The van der Waals surface area contributed by atoms with Crippen LogP contribution in [0.5, 0.6) is 17.2 Å². The van der Waals surface area contributed by atoms with E-state index in [1.54, 1.807) is 44.2 Å². The highest BCUT2D eigenvalue weighted by atomic mass is 16.5. The minimum atomic E-state index is -0.109. The Labute approximate surface area is 145 Å². The maximum absolute atomic E-state index is 10.3. The molecule has 5 heteroatoms. The van der Waals surface area contributed by atoms with Gasteiger partial charge < -0.3 is 19.8 Å². The molecule has 5 nitrogen and oxygen atoms in total. The maximum Gasteiger partial charge on any atom is 0.178 e. The van der Waals surface area contributed by atoms with Crippen molar-refractivity contribution in [2.24, 2.45) is 0 Å². The summed E-state index contributed by atoms with van der Waals surface area (Å²) in [4.78, 5) is 0. The van der Waals surface area contributed by atoms with Crippen molar-refractivity contribution in [1.82, 2.24) is 5.16 Å². The average Bonchev–Trinajstić information content (AvgIpc) is 2.96. The van der Waals surface area contributed by atoms with Crippen molar-refractivity contribution < 1.29 is 19.8 Å². The molecular weight excluding hydrogens is 318 g/mol. The summed E-state index contributed by atoms with van der Waals surface area (Å²) >= 11 is 0. The SMILES string of the molecule is CC#CCc1cc(-c2onc(C)c2-c2ccc(O)cc2)c(O)cc1O. The number of phenols is 3. The van der Waals surface area contributed by atoms with Crippen molar-refractivity contribution in [2.75, 3.05) is 0 Å². The molecule has 0 fully saturated rings. The number of rotatable bonds is 3. The van der Waals surface area contributed by atoms with Gasteiger partial charge in [0.25, 0.3) is 0 Å². The Hall–Kier alpha value is -3.39. The van der Waals surface area contributed by atoms with Crippen LogP contribution < -0.4 is 0 Å². The van der Waals surface area contributed by atoms with E-state index in [0.717, 1.165) is 5.56 Å². The van der Waals surface area contributed by atoms with E-state index in [9.17, 15) is 15.3 Å². The summed E-state index contributed by atoms with van der Waals surface area (Å²) in [5, 5.41) is 33.8. The van der Waals surface area contributed by atoms with E-state index in [-0.39, 0.29) is 17.2 Å². The molecular formula is C20H17NO4. The summed E-state index contributed by atoms with van der Waals surface area (Å²) in [5.41, 5.74) is 3.19. The first kappa shape index (κ1) is 16.5. The van der Waals surface area contributed by atoms with Gasteiger partial charge in [0, 0.05) is 18.1 Å². The summed E-state index contributed by atoms with van der Waals surface area (Å²) in [5.74, 6) is 6.10. The molecule has 2 aromatic carbocycles. The van der Waals surface area contributed by atoms with E-state index in [4.69, 9.17) is 4.52 Å². The highest BCUT2D eigenvalue weighted by molar-refractivity contribution is 5.84. The zero-order valence-corrected chi connectivity index (χ0v) is 13.9. The van der Waals surface area contributed by atoms with Crippen LogP contribution in [0.25, 0.3) is 22.5 Å². The average molecular weight is 335 g/mol. The third-order valence-electron chi connectivity index (χ3n) is 3.92. The molecule has 0 unspecified atom stereocenters. The van der Waals surface area contributed by atoms with E-state index < -0.39 is 0 Å². The number of aromatic nitrogens is 1. The first-order valence-corrected chi connectivity index (χ1v) is 7.71. The molecule has 0 bridgehead atoms. The maximum atomic E-state index is 10.3. The minimum absolute atomic E-state index is 0.0218. The summed E-state index contributed by atoms with van der Waals surface area (Å²) in [6, 6.07) is 9.58. The van der Waals surface area contributed by atoms with Crippen LogP contribution in [0.3, 0.4) is 0 Å². The lowest BCUT2D eigenvalue weighted by Crippen LogP contribution is -1.88. The van der Waals surface area contributed by atoms with Gasteiger partial charge in [-0.15, -0.1) is 5.92 Å². The van der Waals surface area contributed by atoms with Crippen LogP contribution >= 0.6 is 0 Å². The molecule has 0 radical (unpaired) electrons. The Morgan fingerprint density at radius 3 is 2.44 bits per heavy atom. The van der Waals surface area contributed by atoms with Crippen LogP contribution in [0.2, 0.25) is 0 Å². The van der Waals surface area contributed by atoms with Gasteiger partial charge in [0.2, 0.25) is 0 Å². The number of benzene rings is 2. The molecule has 0 saturated carbocycles. The second kappa shape index (κ2) is 6.62. The molecule has 0 aliphatic carbocycles. The van der Waals surface area contributed by atoms with Crippen LogP contribution in [0, 0.1) is 18.8 Å². The van der Waals surface area contributed by atoms with E-state index in [1.807, 2.05) is 0 Å². The third kappa shape index (κ3) is 3.15. The molecule has 0 amide bonds. The number of nitrogens with zero attached hydrogens (tertiary/aromatic N) is 1. The number of hydrogen-bond acceptors (Lipinski definition) is 5. The molecule has 126 valence electrons. The fraction of sp³-hybridized carbons (Fsp3) is 0.150. The number of hydrogen-bond donors (Lipinski definition) is 3. The van der Waals surface area contributed by atoms with Gasteiger partial charge in [0.1, 0.15) is 17.2 Å². The van der Waals surface area contributed by atoms with Crippen molar-refractivity contribution in [3.05, 3.63) is 47.7 Å². The van der Waals surface area contributed by atoms with Gasteiger partial charge in [-0.3, -0.25) is 0 Å². The summed E-state index contributed by atoms with van der Waals surface area (Å²) in [7, 11) is 0. The first-order chi connectivity index (χ1) is 12.0. The third-order valence-corrected chi connectivity index (χ3v) is 3.92. The number of aryl methyl sites for hydroxylation is 1. The first-order valence-electron chi connectivity index (χ1n) is 7.71. The Morgan fingerprint density at radius 2 is 1.76 bits per heavy atom. The fourth-order valence-electron chi connectivity index (χ4n) is 2.65. The molecule has 25 heavy (non-hydrogen) atoms. The smallest absolute Gasteiger partial charge is 0.178 e. The van der Waals surface area contributed by atoms with Gasteiger partial charge in [-0.2, -0.15) is 0 Å². The van der Waals surface area contributed by atoms with Crippen molar-refractivity contribution in [3.8, 4) is 51.5 Å². The lowest BCUT2D eigenvalue weighted by Gasteiger charge is -2.09. The van der Waals surface area contributed by atoms with Gasteiger partial charge in [-0.1, -0.05) is 23.2 Å². The van der Waals surface area contributed by atoms with Crippen LogP contribution in [0.15, 0.2) is 40.9 Å². The van der Waals surface area contributed by atoms with E-state index in [1.165, 1.54) is 6.07 Å². The normalized spacial score (nSPS) is 10.3. The van der Waals surface area contributed by atoms with Crippen molar-refractivity contribution in [3.63, 3.8) is 0 Å². The topological polar surface area (TPSA) is 86.7 Å². The zero-order chi connectivity index (χ0) is 18.0. The summed E-state index contributed by atoms with van der Waals surface area (Å²) in [6.45, 7) is 3.53. The van der Waals surface area contributed by atoms with Crippen molar-refractivity contribution in [2.45, 2.75) is 20.3 Å². The molecule has 0 saturated heterocycles. The second-order valence-corrected chi connectivity index (χ2v) is 5.62. The van der Waals surface area contributed by atoms with Crippen LogP contribution in [-0.2, 0) is 6.42 Å². The molecule has 3 N–H and O–H groups in total. The summed E-state index contributed by atoms with van der Waals surface area (Å²) in [6.07, 6.45) is 0.358. The van der Waals surface area contributed by atoms with E-state index in [2.05, 4.69) is 17.0 Å². The summed E-state index contributed by atoms with van der Waals surface area (Å²) < 4.78 is 5.46. The largest absolute Gasteiger partial charge is 0.508 e. The minimum Gasteiger partial charge on any atom is -0.508 e. The van der Waals surface area contributed by atoms with Crippen molar-refractivity contribution >= 4 is 0 Å². The highest BCUT2D eigenvalue weighted by Gasteiger charge is 2.21. The molecule has 1 aromatic heterocycles. The molecule has 0 aliphatic heterocycles. The number of aromatic hydroxyl groups is 3. The van der Waals surface area contributed by atoms with E-state index in [0.29, 0.717) is 34.6 Å².